The zero-order valence-corrected chi connectivity index (χ0v) is 7.92. The Balaban J connectivity index is 2.89. The average molecular weight is 211 g/mol. The number of aromatic nitrogens is 3. The standard InChI is InChI=1S/C7H5N3O3S/c1-14-6-8-2-3-4(9-6)10-7(12)13-5(3)11/h2H,1H3,(H,8,9,10,12). The van der Waals surface area contributed by atoms with E-state index < -0.39 is 11.4 Å². The molecule has 14 heavy (non-hydrogen) atoms. The maximum Gasteiger partial charge on any atom is 0.420 e. The molecule has 2 aromatic heterocycles. The van der Waals surface area contributed by atoms with Crippen LogP contribution < -0.4 is 11.4 Å². The molecule has 2 rings (SSSR count). The summed E-state index contributed by atoms with van der Waals surface area (Å²) in [5.41, 5.74) is -0.526. The van der Waals surface area contributed by atoms with Crippen LogP contribution >= 0.6 is 11.8 Å². The van der Waals surface area contributed by atoms with Crippen LogP contribution in [-0.4, -0.2) is 21.2 Å². The summed E-state index contributed by atoms with van der Waals surface area (Å²) in [5, 5.41) is 0.654. The Morgan fingerprint density at radius 1 is 1.50 bits per heavy atom. The number of aromatic amines is 1. The topological polar surface area (TPSA) is 88.9 Å². The summed E-state index contributed by atoms with van der Waals surface area (Å²) in [5.74, 6) is -0.812. The van der Waals surface area contributed by atoms with Gasteiger partial charge in [-0.25, -0.2) is 19.6 Å². The molecule has 72 valence electrons. The monoisotopic (exact) mass is 211 g/mol. The first-order chi connectivity index (χ1) is 6.70. The molecule has 2 aromatic rings. The molecule has 6 nitrogen and oxygen atoms in total. The first-order valence-corrected chi connectivity index (χ1v) is 4.87. The third-order valence-electron chi connectivity index (χ3n) is 1.58. The van der Waals surface area contributed by atoms with Crippen molar-refractivity contribution in [3.05, 3.63) is 27.2 Å². The van der Waals surface area contributed by atoms with Gasteiger partial charge in [-0.2, -0.15) is 0 Å². The van der Waals surface area contributed by atoms with E-state index >= 15 is 0 Å². The molecule has 0 bridgehead atoms. The van der Waals surface area contributed by atoms with Crippen molar-refractivity contribution in [3.8, 4) is 0 Å². The fourth-order valence-corrected chi connectivity index (χ4v) is 1.31. The molecule has 0 atom stereocenters. The molecule has 2 heterocycles. The molecule has 1 N–H and O–H groups in total. The van der Waals surface area contributed by atoms with Crippen LogP contribution in [0.25, 0.3) is 11.0 Å². The Morgan fingerprint density at radius 2 is 2.29 bits per heavy atom. The lowest BCUT2D eigenvalue weighted by Crippen LogP contribution is -2.15. The molecule has 0 radical (unpaired) electrons. The predicted molar refractivity (Wildman–Crippen MR) is 50.5 cm³/mol. The van der Waals surface area contributed by atoms with Crippen molar-refractivity contribution in [2.75, 3.05) is 6.26 Å². The predicted octanol–water partition coefficient (Wildman–Crippen LogP) is -0.00680. The van der Waals surface area contributed by atoms with Crippen molar-refractivity contribution in [1.82, 2.24) is 15.0 Å². The molecule has 0 fully saturated rings. The molecule has 7 heteroatoms. The van der Waals surface area contributed by atoms with E-state index in [-0.39, 0.29) is 11.0 Å². The summed E-state index contributed by atoms with van der Waals surface area (Å²) >= 11 is 1.32. The van der Waals surface area contributed by atoms with Crippen LogP contribution in [-0.2, 0) is 0 Å². The van der Waals surface area contributed by atoms with Gasteiger partial charge in [-0.15, -0.1) is 0 Å². The maximum absolute atomic E-state index is 11.1. The molecule has 0 unspecified atom stereocenters. The van der Waals surface area contributed by atoms with Crippen molar-refractivity contribution >= 4 is 22.8 Å². The van der Waals surface area contributed by atoms with E-state index in [1.54, 1.807) is 6.26 Å². The Bertz CT molecular complexity index is 588. The molecule has 0 saturated heterocycles. The Kier molecular flexibility index (Phi) is 2.08. The normalized spacial score (nSPS) is 10.6. The highest BCUT2D eigenvalue weighted by Crippen LogP contribution is 2.09. The Hall–Kier alpha value is -1.63. The molecular formula is C7H5N3O3S. The molecule has 0 aliphatic heterocycles. The highest BCUT2D eigenvalue weighted by Gasteiger charge is 2.05. The summed E-state index contributed by atoms with van der Waals surface area (Å²) in [4.78, 5) is 32.1. The minimum atomic E-state index is -0.812. The molecule has 0 aliphatic carbocycles. The fraction of sp³-hybridized carbons (Fsp3) is 0.143. The summed E-state index contributed by atoms with van der Waals surface area (Å²) in [7, 11) is 0. The largest absolute Gasteiger partial charge is 0.420 e. The van der Waals surface area contributed by atoms with Crippen LogP contribution in [0.5, 0.6) is 0 Å². The van der Waals surface area contributed by atoms with Crippen LogP contribution in [0.2, 0.25) is 0 Å². The van der Waals surface area contributed by atoms with Crippen molar-refractivity contribution in [1.29, 1.82) is 0 Å². The highest BCUT2D eigenvalue weighted by atomic mass is 32.2. The van der Waals surface area contributed by atoms with Gasteiger partial charge >= 0.3 is 11.4 Å². The number of rotatable bonds is 1. The second kappa shape index (κ2) is 3.26. The number of nitrogens with one attached hydrogen (secondary N) is 1. The zero-order chi connectivity index (χ0) is 10.1. The molecule has 0 saturated carbocycles. The van der Waals surface area contributed by atoms with Gasteiger partial charge in [0.25, 0.3) is 0 Å². The molecule has 0 spiro atoms. The van der Waals surface area contributed by atoms with E-state index in [9.17, 15) is 9.59 Å². The van der Waals surface area contributed by atoms with Crippen LogP contribution in [0.3, 0.4) is 0 Å². The first-order valence-electron chi connectivity index (χ1n) is 3.65. The van der Waals surface area contributed by atoms with Crippen molar-refractivity contribution in [2.24, 2.45) is 0 Å². The van der Waals surface area contributed by atoms with Gasteiger partial charge < -0.3 is 4.42 Å². The third kappa shape index (κ3) is 1.41. The third-order valence-corrected chi connectivity index (χ3v) is 2.14. The van der Waals surface area contributed by atoms with Gasteiger partial charge in [0, 0.05) is 6.20 Å². The maximum atomic E-state index is 11.1. The van der Waals surface area contributed by atoms with Crippen LogP contribution in [0, 0.1) is 0 Å². The SMILES string of the molecule is CSc1ncc2c(=O)oc(=O)[nH]c2n1. The van der Waals surface area contributed by atoms with Gasteiger partial charge in [-0.3, -0.25) is 4.98 Å². The second-order valence-corrected chi connectivity index (χ2v) is 3.19. The molecule has 0 aliphatic rings. The first kappa shape index (κ1) is 8.95. The van der Waals surface area contributed by atoms with E-state index in [0.717, 1.165) is 0 Å². The van der Waals surface area contributed by atoms with Gasteiger partial charge in [0.15, 0.2) is 10.8 Å². The van der Waals surface area contributed by atoms with E-state index in [4.69, 9.17) is 0 Å². The lowest BCUT2D eigenvalue weighted by molar-refractivity contribution is 0.458. The number of thioether (sulfide) groups is 1. The van der Waals surface area contributed by atoms with Gasteiger partial charge in [0.1, 0.15) is 5.39 Å². The second-order valence-electron chi connectivity index (χ2n) is 2.42. The Labute approximate surface area is 81.4 Å². The minimum Gasteiger partial charge on any atom is -0.372 e. The highest BCUT2D eigenvalue weighted by molar-refractivity contribution is 7.98. The number of hydrogen-bond acceptors (Lipinski definition) is 6. The summed E-state index contributed by atoms with van der Waals surface area (Å²) < 4.78 is 4.31. The zero-order valence-electron chi connectivity index (χ0n) is 7.10. The minimum absolute atomic E-state index is 0.169. The van der Waals surface area contributed by atoms with Crippen molar-refractivity contribution in [2.45, 2.75) is 5.16 Å². The quantitative estimate of drug-likeness (QED) is 0.527. The van der Waals surface area contributed by atoms with E-state index in [2.05, 4.69) is 19.4 Å². The lowest BCUT2D eigenvalue weighted by atomic mass is 10.4. The summed E-state index contributed by atoms with van der Waals surface area (Å²) in [6.45, 7) is 0. The lowest BCUT2D eigenvalue weighted by Gasteiger charge is -1.95. The van der Waals surface area contributed by atoms with Gasteiger partial charge in [-0.1, -0.05) is 11.8 Å². The molecule has 0 aromatic carbocycles. The van der Waals surface area contributed by atoms with E-state index in [0.29, 0.717) is 5.16 Å². The Morgan fingerprint density at radius 3 is 3.00 bits per heavy atom. The molecular weight excluding hydrogens is 206 g/mol. The average Bonchev–Trinajstić information content (AvgIpc) is 2.16. The number of hydrogen-bond donors (Lipinski definition) is 1. The smallest absolute Gasteiger partial charge is 0.372 e. The van der Waals surface area contributed by atoms with Gasteiger partial charge in [0.05, 0.1) is 0 Å². The number of H-pyrrole nitrogens is 1. The van der Waals surface area contributed by atoms with Crippen molar-refractivity contribution in [3.63, 3.8) is 0 Å². The van der Waals surface area contributed by atoms with Crippen LogP contribution in [0.1, 0.15) is 0 Å². The van der Waals surface area contributed by atoms with Gasteiger partial charge in [0.2, 0.25) is 0 Å². The van der Waals surface area contributed by atoms with Crippen LogP contribution in [0.4, 0.5) is 0 Å². The molecule has 0 amide bonds. The van der Waals surface area contributed by atoms with E-state index in [1.807, 2.05) is 0 Å². The summed E-state index contributed by atoms with van der Waals surface area (Å²) in [6.07, 6.45) is 3.13. The number of fused-ring (bicyclic) bond motifs is 1. The van der Waals surface area contributed by atoms with E-state index in [1.165, 1.54) is 18.0 Å². The number of nitrogens with zero attached hydrogens (tertiary/aromatic N) is 2. The summed E-state index contributed by atoms with van der Waals surface area (Å²) in [6, 6.07) is 0. The van der Waals surface area contributed by atoms with Crippen molar-refractivity contribution < 1.29 is 4.42 Å². The fourth-order valence-electron chi connectivity index (χ4n) is 0.970. The van der Waals surface area contributed by atoms with Crippen LogP contribution in [0.15, 0.2) is 25.4 Å². The van der Waals surface area contributed by atoms with Gasteiger partial charge in [-0.05, 0) is 6.26 Å².